The molecule has 1 saturated heterocycles. The highest BCUT2D eigenvalue weighted by Crippen LogP contribution is 2.21. The molecule has 0 aromatic carbocycles. The molecule has 0 amide bonds. The first kappa shape index (κ1) is 9.17. The molecule has 0 aliphatic carbocycles. The monoisotopic (exact) mass is 197 g/mol. The molecule has 76 valence electrons. The van der Waals surface area contributed by atoms with E-state index in [1.165, 1.54) is 16.8 Å². The van der Waals surface area contributed by atoms with Crippen LogP contribution in [0.1, 0.15) is 12.6 Å². The van der Waals surface area contributed by atoms with Crippen molar-refractivity contribution >= 4 is 5.82 Å². The summed E-state index contributed by atoms with van der Waals surface area (Å²) in [6, 6.07) is 1.52. The van der Waals surface area contributed by atoms with Gasteiger partial charge in [-0.15, -0.1) is 0 Å². The first-order valence-electron chi connectivity index (χ1n) is 4.31. The van der Waals surface area contributed by atoms with Gasteiger partial charge in [0.25, 0.3) is 0 Å². The minimum atomic E-state index is -0.510. The quantitative estimate of drug-likeness (QED) is 0.609. The van der Waals surface area contributed by atoms with Crippen LogP contribution in [0.4, 0.5) is 5.82 Å². The van der Waals surface area contributed by atoms with Crippen molar-refractivity contribution in [2.24, 2.45) is 0 Å². The number of aliphatic hydroxyl groups excluding tert-OH is 1. The van der Waals surface area contributed by atoms with E-state index in [-0.39, 0.29) is 12.4 Å². The van der Waals surface area contributed by atoms with E-state index in [4.69, 9.17) is 10.5 Å². The second-order valence-electron chi connectivity index (χ2n) is 3.22. The molecule has 0 saturated carbocycles. The van der Waals surface area contributed by atoms with Crippen LogP contribution in [-0.2, 0) is 4.74 Å². The number of hydrogen-bond donors (Lipinski definition) is 2. The molecule has 0 radical (unpaired) electrons. The van der Waals surface area contributed by atoms with Gasteiger partial charge in [0, 0.05) is 12.6 Å². The third-order valence-electron chi connectivity index (χ3n) is 2.12. The molecule has 14 heavy (non-hydrogen) atoms. The van der Waals surface area contributed by atoms with Gasteiger partial charge in [-0.3, -0.25) is 4.57 Å². The molecule has 1 aliphatic heterocycles. The third kappa shape index (κ3) is 1.61. The number of nitrogens with zero attached hydrogens (tertiary/aromatic N) is 2. The van der Waals surface area contributed by atoms with Crippen molar-refractivity contribution in [2.45, 2.75) is 18.8 Å². The molecule has 6 heteroatoms. The zero-order valence-corrected chi connectivity index (χ0v) is 7.46. The van der Waals surface area contributed by atoms with E-state index in [0.29, 0.717) is 6.42 Å². The molecule has 0 unspecified atom stereocenters. The average molecular weight is 197 g/mol. The predicted octanol–water partition coefficient (Wildman–Crippen LogP) is -0.895. The maximum absolute atomic E-state index is 11.3. The lowest BCUT2D eigenvalue weighted by Crippen LogP contribution is -2.26. The van der Waals surface area contributed by atoms with Crippen molar-refractivity contribution < 1.29 is 9.84 Å². The van der Waals surface area contributed by atoms with Gasteiger partial charge in [-0.05, 0) is 6.07 Å². The Morgan fingerprint density at radius 2 is 2.50 bits per heavy atom. The minimum absolute atomic E-state index is 0.185. The maximum atomic E-state index is 11.3. The van der Waals surface area contributed by atoms with Gasteiger partial charge in [0.15, 0.2) is 0 Å². The highest BCUT2D eigenvalue weighted by atomic mass is 16.5. The second-order valence-corrected chi connectivity index (χ2v) is 3.22. The van der Waals surface area contributed by atoms with E-state index < -0.39 is 18.0 Å². The van der Waals surface area contributed by atoms with Crippen LogP contribution in [-0.4, -0.2) is 27.4 Å². The van der Waals surface area contributed by atoms with E-state index >= 15 is 0 Å². The lowest BCUT2D eigenvalue weighted by molar-refractivity contribution is 0.0448. The first-order valence-corrected chi connectivity index (χ1v) is 4.31. The van der Waals surface area contributed by atoms with E-state index in [9.17, 15) is 9.90 Å². The van der Waals surface area contributed by atoms with Gasteiger partial charge in [0.1, 0.15) is 12.0 Å². The fourth-order valence-electron chi connectivity index (χ4n) is 1.43. The van der Waals surface area contributed by atoms with Crippen LogP contribution in [0.15, 0.2) is 17.1 Å². The van der Waals surface area contributed by atoms with Crippen molar-refractivity contribution in [3.05, 3.63) is 22.7 Å². The maximum Gasteiger partial charge on any atom is 0.351 e. The van der Waals surface area contributed by atoms with Gasteiger partial charge < -0.3 is 15.6 Å². The number of hydrogen-bond acceptors (Lipinski definition) is 5. The summed E-state index contributed by atoms with van der Waals surface area (Å²) in [5, 5.41) is 9.22. The molecule has 0 bridgehead atoms. The number of aliphatic hydroxyl groups is 1. The van der Waals surface area contributed by atoms with Gasteiger partial charge >= 0.3 is 5.69 Å². The molecular weight excluding hydrogens is 186 g/mol. The molecule has 2 atom stereocenters. The summed E-state index contributed by atoms with van der Waals surface area (Å²) in [7, 11) is 0. The first-order chi connectivity index (χ1) is 6.66. The van der Waals surface area contributed by atoms with Gasteiger partial charge in [0.05, 0.1) is 12.7 Å². The number of nitrogen functional groups attached to an aromatic ring is 1. The van der Waals surface area contributed by atoms with Crippen LogP contribution < -0.4 is 11.4 Å². The van der Waals surface area contributed by atoms with Crippen molar-refractivity contribution in [3.8, 4) is 0 Å². The fourth-order valence-corrected chi connectivity index (χ4v) is 1.43. The number of aromatic nitrogens is 2. The number of anilines is 1. The molecule has 1 fully saturated rings. The van der Waals surface area contributed by atoms with Gasteiger partial charge in [-0.1, -0.05) is 0 Å². The molecular formula is C8H11N3O3. The van der Waals surface area contributed by atoms with Gasteiger partial charge in [-0.2, -0.15) is 4.98 Å². The Balaban J connectivity index is 2.29. The summed E-state index contributed by atoms with van der Waals surface area (Å²) in [5.41, 5.74) is 4.88. The summed E-state index contributed by atoms with van der Waals surface area (Å²) in [5.74, 6) is 0.185. The Morgan fingerprint density at radius 1 is 1.71 bits per heavy atom. The molecule has 1 aromatic rings. The SMILES string of the molecule is Nc1ccn([C@H]2C[C@@H](O)CO2)c(=O)n1. The molecule has 3 N–H and O–H groups in total. The number of rotatable bonds is 1. The van der Waals surface area contributed by atoms with Gasteiger partial charge in [0.2, 0.25) is 0 Å². The summed E-state index contributed by atoms with van der Waals surface area (Å²) < 4.78 is 6.53. The highest BCUT2D eigenvalue weighted by molar-refractivity contribution is 5.23. The molecule has 0 spiro atoms. The Morgan fingerprint density at radius 3 is 3.07 bits per heavy atom. The zero-order chi connectivity index (χ0) is 10.1. The average Bonchev–Trinajstić information content (AvgIpc) is 2.51. The molecule has 6 nitrogen and oxygen atoms in total. The zero-order valence-electron chi connectivity index (χ0n) is 7.46. The smallest absolute Gasteiger partial charge is 0.351 e. The number of ether oxygens (including phenoxy) is 1. The summed E-state index contributed by atoms with van der Waals surface area (Å²) in [6.07, 6.45) is 0.994. The van der Waals surface area contributed by atoms with Crippen LogP contribution in [0.3, 0.4) is 0 Å². The fraction of sp³-hybridized carbons (Fsp3) is 0.500. The van der Waals surface area contributed by atoms with Crippen LogP contribution in [0.2, 0.25) is 0 Å². The molecule has 1 aromatic heterocycles. The van der Waals surface area contributed by atoms with Crippen molar-refractivity contribution in [1.82, 2.24) is 9.55 Å². The molecule has 1 aliphatic rings. The van der Waals surface area contributed by atoms with Gasteiger partial charge in [-0.25, -0.2) is 4.79 Å². The van der Waals surface area contributed by atoms with E-state index in [1.54, 1.807) is 0 Å². The lowest BCUT2D eigenvalue weighted by Gasteiger charge is -2.11. The van der Waals surface area contributed by atoms with Crippen molar-refractivity contribution in [1.29, 1.82) is 0 Å². The third-order valence-corrected chi connectivity index (χ3v) is 2.12. The Bertz CT molecular complexity index is 390. The Labute approximate surface area is 79.9 Å². The lowest BCUT2D eigenvalue weighted by atomic mass is 10.3. The summed E-state index contributed by atoms with van der Waals surface area (Å²) in [4.78, 5) is 14.9. The van der Waals surface area contributed by atoms with Crippen LogP contribution >= 0.6 is 0 Å². The highest BCUT2D eigenvalue weighted by Gasteiger charge is 2.25. The van der Waals surface area contributed by atoms with E-state index in [0.717, 1.165) is 0 Å². The van der Waals surface area contributed by atoms with Crippen molar-refractivity contribution in [2.75, 3.05) is 12.3 Å². The Kier molecular flexibility index (Phi) is 2.22. The normalized spacial score (nSPS) is 26.6. The Hall–Kier alpha value is -1.40. The minimum Gasteiger partial charge on any atom is -0.391 e. The van der Waals surface area contributed by atoms with Crippen LogP contribution in [0.5, 0.6) is 0 Å². The number of nitrogens with two attached hydrogens (primary N) is 1. The summed E-state index contributed by atoms with van der Waals surface area (Å²) in [6.45, 7) is 0.251. The standard InChI is InChI=1S/C8H11N3O3/c9-6-1-2-11(8(13)10-6)7-3-5(12)4-14-7/h1-2,5,7,12H,3-4H2,(H2,9,10,13)/t5-,7-/m1/s1. The summed E-state index contributed by atoms with van der Waals surface area (Å²) >= 11 is 0. The molecule has 2 rings (SSSR count). The largest absolute Gasteiger partial charge is 0.391 e. The predicted molar refractivity (Wildman–Crippen MR) is 48.5 cm³/mol. The topological polar surface area (TPSA) is 90.4 Å². The second kappa shape index (κ2) is 3.39. The van der Waals surface area contributed by atoms with E-state index in [2.05, 4.69) is 4.98 Å². The van der Waals surface area contributed by atoms with E-state index in [1.807, 2.05) is 0 Å². The van der Waals surface area contributed by atoms with Crippen LogP contribution in [0.25, 0.3) is 0 Å². The molecule has 2 heterocycles. The van der Waals surface area contributed by atoms with Crippen molar-refractivity contribution in [3.63, 3.8) is 0 Å². The van der Waals surface area contributed by atoms with Crippen LogP contribution in [0, 0.1) is 0 Å².